The Balaban J connectivity index is 2.12. The molecule has 3 rings (SSSR count). The molecule has 0 saturated heterocycles. The zero-order chi connectivity index (χ0) is 22.7. The van der Waals surface area contributed by atoms with Crippen LogP contribution in [0.5, 0.6) is 5.75 Å². The monoisotopic (exact) mass is 433 g/mol. The summed E-state index contributed by atoms with van der Waals surface area (Å²) in [6.07, 6.45) is 2.10. The van der Waals surface area contributed by atoms with E-state index in [1.165, 1.54) is 24.8 Å². The predicted octanol–water partition coefficient (Wildman–Crippen LogP) is 4.15. The number of aliphatic hydroxyl groups excluding tert-OH is 1. The van der Waals surface area contributed by atoms with Crippen molar-refractivity contribution < 1.29 is 37.3 Å². The topological polar surface area (TPSA) is 77.8 Å². The van der Waals surface area contributed by atoms with E-state index in [-0.39, 0.29) is 24.3 Å². The quantitative estimate of drug-likeness (QED) is 0.199. The van der Waals surface area contributed by atoms with E-state index in [0.29, 0.717) is 22.7 Å². The van der Waals surface area contributed by atoms with Gasteiger partial charge < -0.3 is 19.1 Å². The molecule has 9 heteroatoms. The molecule has 0 spiro atoms. The maximum absolute atomic E-state index is 14.2. The molecule has 0 aliphatic carbocycles. The van der Waals surface area contributed by atoms with E-state index >= 15 is 0 Å². The standard InChI is InChI=1S/C22H18F3NO5/c1-3-31-22(29)17(28)9-16(27)13-11-26(15-5-4-6-18(30-2)19(13)15)10-12-7-8-14(23)21(25)20(12)24/h4-9,11,27H,3,10H2,1-2H3/b16-9-. The van der Waals surface area contributed by atoms with Crippen LogP contribution in [-0.4, -0.2) is 35.1 Å². The summed E-state index contributed by atoms with van der Waals surface area (Å²) in [7, 11) is 1.40. The average Bonchev–Trinajstić information content (AvgIpc) is 3.13. The number of rotatable bonds is 7. The summed E-state index contributed by atoms with van der Waals surface area (Å²) >= 11 is 0. The predicted molar refractivity (Wildman–Crippen MR) is 106 cm³/mol. The molecule has 0 unspecified atom stereocenters. The van der Waals surface area contributed by atoms with Gasteiger partial charge in [0.2, 0.25) is 0 Å². The average molecular weight is 433 g/mol. The number of esters is 1. The maximum Gasteiger partial charge on any atom is 0.379 e. The van der Waals surface area contributed by atoms with Gasteiger partial charge >= 0.3 is 5.97 Å². The number of benzene rings is 2. The van der Waals surface area contributed by atoms with Crippen LogP contribution in [0.25, 0.3) is 16.7 Å². The highest BCUT2D eigenvalue weighted by Gasteiger charge is 2.21. The minimum Gasteiger partial charge on any atom is -0.507 e. The van der Waals surface area contributed by atoms with Gasteiger partial charge in [0.15, 0.2) is 17.5 Å². The molecular formula is C22H18F3NO5. The minimum atomic E-state index is -1.59. The molecule has 1 N–H and O–H groups in total. The smallest absolute Gasteiger partial charge is 0.379 e. The fourth-order valence-corrected chi connectivity index (χ4v) is 3.15. The Kier molecular flexibility index (Phi) is 6.33. The van der Waals surface area contributed by atoms with Crippen molar-refractivity contribution in [2.75, 3.05) is 13.7 Å². The van der Waals surface area contributed by atoms with Crippen LogP contribution in [0.15, 0.2) is 42.6 Å². The molecule has 6 nitrogen and oxygen atoms in total. The van der Waals surface area contributed by atoms with Crippen molar-refractivity contribution in [1.82, 2.24) is 4.57 Å². The summed E-state index contributed by atoms with van der Waals surface area (Å²) in [5, 5.41) is 10.9. The van der Waals surface area contributed by atoms with Gasteiger partial charge in [0, 0.05) is 23.4 Å². The van der Waals surface area contributed by atoms with Crippen molar-refractivity contribution in [2.24, 2.45) is 0 Å². The van der Waals surface area contributed by atoms with E-state index in [9.17, 15) is 27.9 Å². The van der Waals surface area contributed by atoms with Crippen LogP contribution in [0.3, 0.4) is 0 Å². The fraction of sp³-hybridized carbons (Fsp3) is 0.182. The summed E-state index contributed by atoms with van der Waals surface area (Å²) in [6.45, 7) is 1.32. The second-order valence-electron chi connectivity index (χ2n) is 6.47. The van der Waals surface area contributed by atoms with Crippen LogP contribution >= 0.6 is 0 Å². The van der Waals surface area contributed by atoms with Gasteiger partial charge in [-0.1, -0.05) is 12.1 Å². The second kappa shape index (κ2) is 8.95. The number of carbonyl (C=O) groups excluding carboxylic acids is 2. The molecule has 162 valence electrons. The molecule has 0 aliphatic heterocycles. The number of nitrogens with zero attached hydrogens (tertiary/aromatic N) is 1. The molecule has 0 aliphatic rings. The number of carbonyl (C=O) groups is 2. The highest BCUT2D eigenvalue weighted by atomic mass is 19.2. The van der Waals surface area contributed by atoms with Gasteiger partial charge in [-0.2, -0.15) is 0 Å². The van der Waals surface area contributed by atoms with Gasteiger partial charge in [-0.05, 0) is 25.1 Å². The number of hydrogen-bond acceptors (Lipinski definition) is 5. The Labute approximate surface area is 175 Å². The lowest BCUT2D eigenvalue weighted by Gasteiger charge is -2.08. The summed E-state index contributed by atoms with van der Waals surface area (Å²) < 4.78 is 52.5. The third-order valence-corrected chi connectivity index (χ3v) is 4.56. The van der Waals surface area contributed by atoms with E-state index in [4.69, 9.17) is 4.74 Å². The number of methoxy groups -OCH3 is 1. The Morgan fingerprint density at radius 2 is 1.87 bits per heavy atom. The van der Waals surface area contributed by atoms with Crippen molar-refractivity contribution in [1.29, 1.82) is 0 Å². The largest absolute Gasteiger partial charge is 0.507 e. The van der Waals surface area contributed by atoms with Crippen LogP contribution in [0, 0.1) is 17.5 Å². The SMILES string of the molecule is CCOC(=O)C(=O)/C=C(\O)c1cn(Cc2ccc(F)c(F)c2F)c2cccc(OC)c12. The van der Waals surface area contributed by atoms with Crippen LogP contribution in [0.4, 0.5) is 13.2 Å². The van der Waals surface area contributed by atoms with Gasteiger partial charge in [-0.15, -0.1) is 0 Å². The van der Waals surface area contributed by atoms with E-state index < -0.39 is 35.0 Å². The fourth-order valence-electron chi connectivity index (χ4n) is 3.15. The molecule has 0 radical (unpaired) electrons. The number of aromatic nitrogens is 1. The number of ketones is 1. The highest BCUT2D eigenvalue weighted by molar-refractivity contribution is 6.39. The molecule has 0 atom stereocenters. The van der Waals surface area contributed by atoms with Crippen LogP contribution in [0.1, 0.15) is 18.1 Å². The minimum absolute atomic E-state index is 0.00784. The van der Waals surface area contributed by atoms with Crippen molar-refractivity contribution in [3.63, 3.8) is 0 Å². The number of hydrogen-bond donors (Lipinski definition) is 1. The first-order valence-electron chi connectivity index (χ1n) is 9.18. The summed E-state index contributed by atoms with van der Waals surface area (Å²) in [5.41, 5.74) is 0.450. The van der Waals surface area contributed by atoms with E-state index in [0.717, 1.165) is 12.1 Å². The summed E-state index contributed by atoms with van der Waals surface area (Å²) in [4.78, 5) is 23.5. The molecule has 3 aromatic rings. The lowest BCUT2D eigenvalue weighted by Crippen LogP contribution is -2.15. The maximum atomic E-state index is 14.2. The van der Waals surface area contributed by atoms with Crippen LogP contribution < -0.4 is 4.74 Å². The zero-order valence-electron chi connectivity index (χ0n) is 16.6. The first-order chi connectivity index (χ1) is 14.8. The Hall–Kier alpha value is -3.75. The highest BCUT2D eigenvalue weighted by Crippen LogP contribution is 2.34. The lowest BCUT2D eigenvalue weighted by molar-refractivity contribution is -0.151. The van der Waals surface area contributed by atoms with E-state index in [1.54, 1.807) is 18.2 Å². The van der Waals surface area contributed by atoms with Gasteiger partial charge in [-0.3, -0.25) is 4.79 Å². The third kappa shape index (κ3) is 4.25. The van der Waals surface area contributed by atoms with Gasteiger partial charge in [0.1, 0.15) is 11.5 Å². The molecule has 1 heterocycles. The molecular weight excluding hydrogens is 415 g/mol. The van der Waals surface area contributed by atoms with E-state index in [1.807, 2.05) is 0 Å². The van der Waals surface area contributed by atoms with Crippen LogP contribution in [-0.2, 0) is 20.9 Å². The van der Waals surface area contributed by atoms with Gasteiger partial charge in [-0.25, -0.2) is 18.0 Å². The number of fused-ring (bicyclic) bond motifs is 1. The molecule has 0 saturated carbocycles. The zero-order valence-corrected chi connectivity index (χ0v) is 16.6. The number of halogens is 3. The number of aliphatic hydroxyl groups is 1. The molecule has 2 aromatic carbocycles. The second-order valence-corrected chi connectivity index (χ2v) is 6.47. The molecule has 0 bridgehead atoms. The van der Waals surface area contributed by atoms with E-state index in [2.05, 4.69) is 4.74 Å². The number of ether oxygens (including phenoxy) is 2. The molecule has 1 aromatic heterocycles. The molecule has 0 fully saturated rings. The molecule has 0 amide bonds. The van der Waals surface area contributed by atoms with Crippen molar-refractivity contribution >= 4 is 28.4 Å². The Morgan fingerprint density at radius 1 is 1.13 bits per heavy atom. The summed E-state index contributed by atoms with van der Waals surface area (Å²) in [5.74, 6) is -6.63. The van der Waals surface area contributed by atoms with Gasteiger partial charge in [0.25, 0.3) is 5.78 Å². The summed E-state index contributed by atoms with van der Waals surface area (Å²) in [6, 6.07) is 6.82. The third-order valence-electron chi connectivity index (χ3n) is 4.56. The lowest BCUT2D eigenvalue weighted by atomic mass is 10.1. The molecule has 31 heavy (non-hydrogen) atoms. The Bertz CT molecular complexity index is 1200. The first-order valence-corrected chi connectivity index (χ1v) is 9.18. The normalized spacial score (nSPS) is 11.6. The van der Waals surface area contributed by atoms with Crippen molar-refractivity contribution in [3.8, 4) is 5.75 Å². The van der Waals surface area contributed by atoms with Crippen molar-refractivity contribution in [2.45, 2.75) is 13.5 Å². The van der Waals surface area contributed by atoms with Crippen LogP contribution in [0.2, 0.25) is 0 Å². The first kappa shape index (κ1) is 21.9. The van der Waals surface area contributed by atoms with Crippen molar-refractivity contribution in [3.05, 3.63) is 71.2 Å². The van der Waals surface area contributed by atoms with Gasteiger partial charge in [0.05, 0.1) is 31.2 Å². The Morgan fingerprint density at radius 3 is 2.55 bits per heavy atom.